The molecule has 0 aromatic rings. The van der Waals surface area contributed by atoms with Gasteiger partial charge < -0.3 is 0 Å². The van der Waals surface area contributed by atoms with Crippen molar-refractivity contribution in [2.45, 2.75) is 12.6 Å². The molecule has 92 valence electrons. The molecule has 0 aromatic heterocycles. The molecule has 0 N–H and O–H groups in total. The van der Waals surface area contributed by atoms with Crippen molar-refractivity contribution in [3.63, 3.8) is 0 Å². The van der Waals surface area contributed by atoms with Crippen LogP contribution in [0, 0.1) is 0 Å². The highest BCUT2D eigenvalue weighted by molar-refractivity contribution is 7.86. The van der Waals surface area contributed by atoms with E-state index in [4.69, 9.17) is 0 Å². The van der Waals surface area contributed by atoms with Crippen molar-refractivity contribution in [2.75, 3.05) is 12.3 Å². The van der Waals surface area contributed by atoms with E-state index in [1.165, 1.54) is 0 Å². The van der Waals surface area contributed by atoms with Crippen LogP contribution in [0.4, 0.5) is 30.2 Å². The van der Waals surface area contributed by atoms with Gasteiger partial charge in [0.2, 0.25) is 0 Å². The highest BCUT2D eigenvalue weighted by Gasteiger charge is 2.53. The zero-order valence-electron chi connectivity index (χ0n) is 6.73. The number of halogens is 7. The van der Waals surface area contributed by atoms with Crippen LogP contribution in [-0.4, -0.2) is 38.2 Å². The molecule has 0 saturated carbocycles. The van der Waals surface area contributed by atoms with E-state index >= 15 is 0 Å². The van der Waals surface area contributed by atoms with Crippen molar-refractivity contribution < 1.29 is 38.6 Å². The average molecular weight is 263 g/mol. The summed E-state index contributed by atoms with van der Waals surface area (Å²) in [7, 11) is -5.38. The zero-order valence-corrected chi connectivity index (χ0v) is 7.55. The summed E-state index contributed by atoms with van der Waals surface area (Å²) in [5.74, 6) is -1.88. The van der Waals surface area contributed by atoms with E-state index in [-0.39, 0.29) is 0 Å². The molecule has 11 heteroatoms. The molecular formula is C4H4F7NO2S. The fourth-order valence-electron chi connectivity index (χ4n) is 0.598. The summed E-state index contributed by atoms with van der Waals surface area (Å²) in [6.07, 6.45) is -11.6. The minimum Gasteiger partial charge on any atom is -0.195 e. The molecule has 3 nitrogen and oxygen atoms in total. The maximum Gasteiger partial charge on any atom is 0.467 e. The lowest BCUT2D eigenvalue weighted by Crippen LogP contribution is -2.49. The highest BCUT2D eigenvalue weighted by atomic mass is 32.3. The fraction of sp³-hybridized carbons (Fsp3) is 1.00. The van der Waals surface area contributed by atoms with Crippen LogP contribution in [-0.2, 0) is 10.2 Å². The summed E-state index contributed by atoms with van der Waals surface area (Å²) in [5, 5.41) is 0. The van der Waals surface area contributed by atoms with Gasteiger partial charge in [-0.15, -0.1) is 8.79 Å². The first-order valence-electron chi connectivity index (χ1n) is 3.17. The van der Waals surface area contributed by atoms with E-state index in [0.717, 1.165) is 0 Å². The lowest BCUT2D eigenvalue weighted by molar-refractivity contribution is -0.371. The zero-order chi connectivity index (χ0) is 12.5. The molecular weight excluding hydrogens is 259 g/mol. The first-order valence-corrected chi connectivity index (χ1v) is 4.73. The van der Waals surface area contributed by atoms with Crippen LogP contribution in [0.2, 0.25) is 0 Å². The van der Waals surface area contributed by atoms with Crippen molar-refractivity contribution in [3.8, 4) is 0 Å². The van der Waals surface area contributed by atoms with Crippen LogP contribution in [0.1, 0.15) is 0 Å². The van der Waals surface area contributed by atoms with E-state index in [1.54, 1.807) is 0 Å². The molecule has 0 bridgehead atoms. The lowest BCUT2D eigenvalue weighted by atomic mass is 10.6. The molecule has 15 heavy (non-hydrogen) atoms. The summed E-state index contributed by atoms with van der Waals surface area (Å²) in [6, 6.07) is 0. The minimum absolute atomic E-state index is 1.88. The molecule has 0 aliphatic heterocycles. The Morgan fingerprint density at radius 3 is 1.47 bits per heavy atom. The Bertz CT molecular complexity index is 290. The molecule has 0 radical (unpaired) electrons. The Balaban J connectivity index is 4.71. The summed E-state index contributed by atoms with van der Waals surface area (Å²) in [5.41, 5.74) is 0. The maximum atomic E-state index is 11.7. The topological polar surface area (TPSA) is 37.4 Å². The van der Waals surface area contributed by atoms with Gasteiger partial charge in [0.1, 0.15) is 0 Å². The molecule has 0 aromatic carbocycles. The van der Waals surface area contributed by atoms with Gasteiger partial charge in [-0.05, 0) is 0 Å². The molecule has 0 aliphatic carbocycles. The third-order valence-electron chi connectivity index (χ3n) is 1.17. The molecule has 0 amide bonds. The van der Waals surface area contributed by atoms with Crippen molar-refractivity contribution in [3.05, 3.63) is 0 Å². The molecule has 0 heterocycles. The number of hydrogen-bond donors (Lipinski definition) is 0. The predicted molar refractivity (Wildman–Crippen MR) is 33.7 cm³/mol. The molecule has 0 aliphatic rings. The Kier molecular flexibility index (Phi) is 3.96. The minimum atomic E-state index is -5.80. The van der Waals surface area contributed by atoms with Crippen molar-refractivity contribution in [1.82, 2.24) is 4.90 Å². The molecule has 0 saturated heterocycles. The van der Waals surface area contributed by atoms with Gasteiger partial charge in [-0.2, -0.15) is 34.8 Å². The van der Waals surface area contributed by atoms with Crippen molar-refractivity contribution in [2.24, 2.45) is 0 Å². The van der Waals surface area contributed by atoms with Gasteiger partial charge in [-0.1, -0.05) is 0 Å². The first kappa shape index (κ1) is 14.4. The van der Waals surface area contributed by atoms with Crippen LogP contribution in [0.25, 0.3) is 0 Å². The molecule has 0 unspecified atom stereocenters. The predicted octanol–water partition coefficient (Wildman–Crippen LogP) is 1.63. The van der Waals surface area contributed by atoms with Gasteiger partial charge in [0.25, 0.3) is 0 Å². The summed E-state index contributed by atoms with van der Waals surface area (Å²) >= 11 is 0. The SMILES string of the molecule is O=S(=O)(F)CCN(C(F)(F)F)C(F)(F)F. The van der Waals surface area contributed by atoms with Gasteiger partial charge in [-0.25, -0.2) is 0 Å². The van der Waals surface area contributed by atoms with Gasteiger partial charge >= 0.3 is 22.8 Å². The highest BCUT2D eigenvalue weighted by Crippen LogP contribution is 2.32. The summed E-state index contributed by atoms with van der Waals surface area (Å²) in [6.45, 7) is -2.04. The van der Waals surface area contributed by atoms with Crippen molar-refractivity contribution in [1.29, 1.82) is 0 Å². The van der Waals surface area contributed by atoms with Gasteiger partial charge in [0, 0.05) is 6.54 Å². The van der Waals surface area contributed by atoms with Gasteiger partial charge in [0.15, 0.2) is 0 Å². The van der Waals surface area contributed by atoms with E-state index in [0.29, 0.717) is 0 Å². The monoisotopic (exact) mass is 263 g/mol. The largest absolute Gasteiger partial charge is 0.467 e. The molecule has 0 atom stereocenters. The second-order valence-electron chi connectivity index (χ2n) is 2.33. The van der Waals surface area contributed by atoms with Crippen LogP contribution >= 0.6 is 0 Å². The Labute approximate surface area is 79.7 Å². The first-order chi connectivity index (χ1) is 6.34. The summed E-state index contributed by atoms with van der Waals surface area (Å²) < 4.78 is 101. The fourth-order valence-corrected chi connectivity index (χ4v) is 0.998. The van der Waals surface area contributed by atoms with Gasteiger partial charge in [0.05, 0.1) is 5.75 Å². The van der Waals surface area contributed by atoms with E-state index in [9.17, 15) is 38.6 Å². The number of alkyl halides is 6. The Hall–Kier alpha value is -0.580. The van der Waals surface area contributed by atoms with Crippen LogP contribution in [0.3, 0.4) is 0 Å². The number of hydrogen-bond acceptors (Lipinski definition) is 3. The molecule has 0 fully saturated rings. The second kappa shape index (κ2) is 4.12. The number of nitrogens with zero attached hydrogens (tertiary/aromatic N) is 1. The quantitative estimate of drug-likeness (QED) is 0.441. The van der Waals surface area contributed by atoms with E-state index in [2.05, 4.69) is 0 Å². The average Bonchev–Trinajstić information content (AvgIpc) is 1.75. The van der Waals surface area contributed by atoms with Gasteiger partial charge in [-0.3, -0.25) is 0 Å². The van der Waals surface area contributed by atoms with Crippen molar-refractivity contribution >= 4 is 10.2 Å². The number of rotatable bonds is 3. The Morgan fingerprint density at radius 1 is 0.933 bits per heavy atom. The maximum absolute atomic E-state index is 11.7. The smallest absolute Gasteiger partial charge is 0.195 e. The summed E-state index contributed by atoms with van der Waals surface area (Å²) in [4.78, 5) is -2.02. The van der Waals surface area contributed by atoms with Crippen LogP contribution in [0.5, 0.6) is 0 Å². The molecule has 0 spiro atoms. The van der Waals surface area contributed by atoms with Crippen LogP contribution in [0.15, 0.2) is 0 Å². The lowest BCUT2D eigenvalue weighted by Gasteiger charge is -2.25. The standard InChI is InChI=1S/C4H4F7NO2S/c5-3(6,7)12(4(8,9)10)1-2-15(11,13)14/h1-2H2. The third-order valence-corrected chi connectivity index (χ3v) is 1.84. The normalized spacial score (nSPS) is 14.7. The second-order valence-corrected chi connectivity index (χ2v) is 3.82. The van der Waals surface area contributed by atoms with Crippen LogP contribution < -0.4 is 0 Å². The molecule has 0 rings (SSSR count). The third kappa shape index (κ3) is 5.77. The van der Waals surface area contributed by atoms with E-state index < -0.39 is 40.0 Å². The Morgan fingerprint density at radius 2 is 1.27 bits per heavy atom. The van der Waals surface area contributed by atoms with E-state index in [1.807, 2.05) is 0 Å².